The van der Waals surface area contributed by atoms with E-state index in [-0.39, 0.29) is 5.41 Å². The lowest BCUT2D eigenvalue weighted by molar-refractivity contribution is -0.747. The van der Waals surface area contributed by atoms with Crippen molar-refractivity contribution in [2.24, 2.45) is 0 Å². The van der Waals surface area contributed by atoms with Crippen LogP contribution in [-0.2, 0) is 18.4 Å². The van der Waals surface area contributed by atoms with E-state index in [2.05, 4.69) is 68.9 Å². The first-order chi connectivity index (χ1) is 7.28. The van der Waals surface area contributed by atoms with Gasteiger partial charge in [0, 0.05) is 12.0 Å². The van der Waals surface area contributed by atoms with E-state index in [1.165, 1.54) is 25.1 Å². The lowest BCUT2D eigenvalue weighted by Gasteiger charge is -2.32. The topological polar surface area (TPSA) is 0 Å². The fourth-order valence-electron chi connectivity index (χ4n) is 2.27. The number of fused-ring (bicyclic) bond motifs is 1. The summed E-state index contributed by atoms with van der Waals surface area (Å²) in [4.78, 5) is 0. The first kappa shape index (κ1) is 12.4. The van der Waals surface area contributed by atoms with Crippen molar-refractivity contribution in [2.75, 3.05) is 13.6 Å². The van der Waals surface area contributed by atoms with Crippen molar-refractivity contribution in [1.82, 2.24) is 0 Å². The lowest BCUT2D eigenvalue weighted by Crippen LogP contribution is -2.38. The Morgan fingerprint density at radius 2 is 1.88 bits per heavy atom. The second-order valence-corrected chi connectivity index (χ2v) is 8.46. The molecule has 1 heterocycles. The monoisotopic (exact) mass is 330 g/mol. The zero-order valence-corrected chi connectivity index (χ0v) is 12.8. The predicted molar refractivity (Wildman–Crippen MR) is 77.6 cm³/mol. The molecule has 88 valence electrons. The molecule has 2 heteroatoms. The summed E-state index contributed by atoms with van der Waals surface area (Å²) in [7, 11) is 2.31. The highest BCUT2D eigenvalue weighted by atomic mass is 127. The minimum absolute atomic E-state index is 0.265. The number of hydrogen-bond donors (Lipinski definition) is 0. The van der Waals surface area contributed by atoms with Crippen LogP contribution in [0.2, 0.25) is 0 Å². The molecule has 1 atom stereocenters. The molecule has 1 aromatic rings. The van der Waals surface area contributed by atoms with E-state index in [4.69, 9.17) is 0 Å². The molecule has 0 saturated heterocycles. The van der Waals surface area contributed by atoms with E-state index in [9.17, 15) is 0 Å². The van der Waals surface area contributed by atoms with Crippen LogP contribution in [0.15, 0.2) is 18.2 Å². The Kier molecular flexibility index (Phi) is 3.08. The molecule has 1 aromatic carbocycles. The summed E-state index contributed by atoms with van der Waals surface area (Å²) in [5.74, 6) is 0. The molecule has 1 aliphatic heterocycles. The third-order valence-corrected chi connectivity index (χ3v) is 4.24. The molecule has 0 aromatic heterocycles. The summed E-state index contributed by atoms with van der Waals surface area (Å²) < 4.78 is 1.10. The number of hydrogen-bond acceptors (Lipinski definition) is 0. The Hall–Kier alpha value is -0.0900. The van der Waals surface area contributed by atoms with Gasteiger partial charge >= 0.3 is 0 Å². The number of benzene rings is 1. The van der Waals surface area contributed by atoms with Crippen molar-refractivity contribution in [3.05, 3.63) is 34.9 Å². The largest absolute Gasteiger partial charge is 0.266 e. The standard InChI is InChI=1S/C14H21IN/c1-14(2,3)13-6-5-11-7-8-16(4,15)10-12(11)9-13/h5-6,9H,7-8,10H2,1-4H3/q+1. The molecule has 0 N–H and O–H groups in total. The highest BCUT2D eigenvalue weighted by Crippen LogP contribution is 2.31. The Morgan fingerprint density at radius 3 is 2.50 bits per heavy atom. The number of rotatable bonds is 0. The van der Waals surface area contributed by atoms with Crippen molar-refractivity contribution >= 4 is 22.9 Å². The highest BCUT2D eigenvalue weighted by Gasteiger charge is 2.27. The minimum Gasteiger partial charge on any atom is -0.266 e. The third-order valence-electron chi connectivity index (χ3n) is 3.42. The van der Waals surface area contributed by atoms with Crippen LogP contribution in [0.5, 0.6) is 0 Å². The molecular formula is C14H21IN+. The molecule has 0 bridgehead atoms. The molecule has 0 aliphatic carbocycles. The smallest absolute Gasteiger partial charge is 0.248 e. The molecule has 0 spiro atoms. The molecule has 0 saturated carbocycles. The average molecular weight is 330 g/mol. The maximum Gasteiger partial charge on any atom is 0.248 e. The molecule has 16 heavy (non-hydrogen) atoms. The quantitative estimate of drug-likeness (QED) is 0.501. The second kappa shape index (κ2) is 3.98. The average Bonchev–Trinajstić information content (AvgIpc) is 2.13. The van der Waals surface area contributed by atoms with Crippen molar-refractivity contribution in [3.8, 4) is 0 Å². The van der Waals surface area contributed by atoms with Gasteiger partial charge < -0.3 is 0 Å². The minimum atomic E-state index is 0.265. The number of halogens is 1. The Morgan fingerprint density at radius 1 is 1.19 bits per heavy atom. The van der Waals surface area contributed by atoms with Crippen LogP contribution >= 0.6 is 22.9 Å². The molecule has 1 aliphatic rings. The van der Waals surface area contributed by atoms with Crippen LogP contribution in [0, 0.1) is 0 Å². The molecule has 0 radical (unpaired) electrons. The van der Waals surface area contributed by atoms with Gasteiger partial charge in [0.15, 0.2) is 0 Å². The first-order valence-electron chi connectivity index (χ1n) is 5.94. The highest BCUT2D eigenvalue weighted by molar-refractivity contribution is 14.1. The van der Waals surface area contributed by atoms with E-state index in [1.54, 1.807) is 11.1 Å². The van der Waals surface area contributed by atoms with Gasteiger partial charge in [-0.3, -0.25) is 2.70 Å². The predicted octanol–water partition coefficient (Wildman–Crippen LogP) is 3.84. The van der Waals surface area contributed by atoms with Gasteiger partial charge in [-0.2, -0.15) is 0 Å². The van der Waals surface area contributed by atoms with Gasteiger partial charge in [0.05, 0.1) is 13.6 Å². The van der Waals surface area contributed by atoms with Crippen molar-refractivity contribution < 1.29 is 2.70 Å². The van der Waals surface area contributed by atoms with Crippen LogP contribution in [0.1, 0.15) is 37.5 Å². The molecule has 0 fully saturated rings. The second-order valence-electron chi connectivity index (χ2n) is 6.13. The van der Waals surface area contributed by atoms with E-state index < -0.39 is 0 Å². The molecule has 1 unspecified atom stereocenters. The van der Waals surface area contributed by atoms with E-state index in [0.29, 0.717) is 0 Å². The summed E-state index contributed by atoms with van der Waals surface area (Å²) in [6, 6.07) is 7.07. The Labute approximate surface area is 113 Å². The van der Waals surface area contributed by atoms with Crippen molar-refractivity contribution in [2.45, 2.75) is 39.2 Å². The summed E-state index contributed by atoms with van der Waals surface area (Å²) in [5.41, 5.74) is 4.83. The van der Waals surface area contributed by atoms with Crippen LogP contribution in [0.25, 0.3) is 0 Å². The zero-order chi connectivity index (χ0) is 12.0. The summed E-state index contributed by atoms with van der Waals surface area (Å²) in [6.07, 6.45) is 1.22. The molecule has 2 rings (SSSR count). The fraction of sp³-hybridized carbons (Fsp3) is 0.571. The van der Waals surface area contributed by atoms with Crippen LogP contribution < -0.4 is 0 Å². The summed E-state index contributed by atoms with van der Waals surface area (Å²) in [6.45, 7) is 9.28. The van der Waals surface area contributed by atoms with Crippen LogP contribution in [0.4, 0.5) is 0 Å². The normalized spacial score (nSPS) is 25.3. The van der Waals surface area contributed by atoms with E-state index >= 15 is 0 Å². The van der Waals surface area contributed by atoms with E-state index in [1.807, 2.05) is 0 Å². The van der Waals surface area contributed by atoms with Crippen LogP contribution in [0.3, 0.4) is 0 Å². The van der Waals surface area contributed by atoms with Gasteiger partial charge in [0.2, 0.25) is 22.9 Å². The SMILES string of the molecule is CC(C)(C)c1ccc2c(c1)C[N+](C)(I)CC2. The Bertz CT molecular complexity index is 402. The summed E-state index contributed by atoms with van der Waals surface area (Å²) >= 11 is 2.56. The van der Waals surface area contributed by atoms with E-state index in [0.717, 1.165) is 2.70 Å². The first-order valence-corrected chi connectivity index (χ1v) is 6.91. The third kappa shape index (κ3) is 2.59. The Balaban J connectivity index is 2.39. The van der Waals surface area contributed by atoms with Gasteiger partial charge in [0.1, 0.15) is 6.54 Å². The van der Waals surface area contributed by atoms with Gasteiger partial charge in [-0.05, 0) is 22.6 Å². The van der Waals surface area contributed by atoms with Gasteiger partial charge in [-0.15, -0.1) is 0 Å². The number of quaternary nitrogens is 1. The molecular weight excluding hydrogens is 309 g/mol. The fourth-order valence-corrected chi connectivity index (χ4v) is 2.88. The molecule has 0 amide bonds. The zero-order valence-electron chi connectivity index (χ0n) is 10.7. The molecule has 1 nitrogen and oxygen atoms in total. The van der Waals surface area contributed by atoms with Crippen molar-refractivity contribution in [1.29, 1.82) is 0 Å². The number of likely N-dealkylation sites (N-methyl/N-ethyl adjacent to an activating group) is 1. The van der Waals surface area contributed by atoms with Crippen LogP contribution in [-0.4, -0.2) is 16.3 Å². The van der Waals surface area contributed by atoms with Gasteiger partial charge in [-0.25, -0.2) is 0 Å². The lowest BCUT2D eigenvalue weighted by atomic mass is 9.84. The van der Waals surface area contributed by atoms with Gasteiger partial charge in [0.25, 0.3) is 0 Å². The van der Waals surface area contributed by atoms with Gasteiger partial charge in [-0.1, -0.05) is 32.9 Å². The number of nitrogens with zero attached hydrogens (tertiary/aromatic N) is 1. The summed E-state index contributed by atoms with van der Waals surface area (Å²) in [5, 5.41) is 0. The maximum absolute atomic E-state index is 2.56. The maximum atomic E-state index is 2.56. The van der Waals surface area contributed by atoms with Crippen molar-refractivity contribution in [3.63, 3.8) is 0 Å².